The Kier molecular flexibility index (Phi) is 3.95. The lowest BCUT2D eigenvalue weighted by Gasteiger charge is -2.32. The summed E-state index contributed by atoms with van der Waals surface area (Å²) in [6.07, 6.45) is 3.45. The summed E-state index contributed by atoms with van der Waals surface area (Å²) in [4.78, 5) is 2.42. The minimum atomic E-state index is -2.30. The van der Waals surface area contributed by atoms with E-state index in [1.54, 1.807) is 6.26 Å². The minimum absolute atomic E-state index is 0.130. The van der Waals surface area contributed by atoms with E-state index in [2.05, 4.69) is 18.7 Å². The highest BCUT2D eigenvalue weighted by Crippen LogP contribution is 2.18. The van der Waals surface area contributed by atoms with E-state index in [-0.39, 0.29) is 5.25 Å². The summed E-state index contributed by atoms with van der Waals surface area (Å²) in [5, 5.41) is 0.130. The third-order valence-corrected chi connectivity index (χ3v) is 4.54. The molecule has 1 fully saturated rings. The molecular formula is C10H22N2OS. The molecule has 0 spiro atoms. The maximum absolute atomic E-state index is 11.5. The van der Waals surface area contributed by atoms with Crippen LogP contribution in [0.4, 0.5) is 0 Å². The zero-order chi connectivity index (χ0) is 10.8. The molecule has 1 aliphatic rings. The van der Waals surface area contributed by atoms with Gasteiger partial charge in [0.2, 0.25) is 0 Å². The van der Waals surface area contributed by atoms with E-state index >= 15 is 0 Å². The highest BCUT2D eigenvalue weighted by atomic mass is 32.2. The van der Waals surface area contributed by atoms with Gasteiger partial charge in [-0.15, -0.1) is 0 Å². The van der Waals surface area contributed by atoms with E-state index in [0.29, 0.717) is 5.92 Å². The predicted molar refractivity (Wildman–Crippen MR) is 61.1 cm³/mol. The van der Waals surface area contributed by atoms with Crippen LogP contribution in [-0.2, 0) is 9.73 Å². The third kappa shape index (κ3) is 3.58. The molecule has 1 rings (SSSR count). The zero-order valence-electron chi connectivity index (χ0n) is 9.45. The molecule has 0 aromatic rings. The van der Waals surface area contributed by atoms with Crippen molar-refractivity contribution < 1.29 is 4.21 Å². The van der Waals surface area contributed by atoms with Crippen molar-refractivity contribution in [3.05, 3.63) is 0 Å². The molecule has 1 unspecified atom stereocenters. The number of hydrogen-bond donors (Lipinski definition) is 1. The van der Waals surface area contributed by atoms with Gasteiger partial charge in [0.15, 0.2) is 0 Å². The average Bonchev–Trinajstić information content (AvgIpc) is 2.02. The van der Waals surface area contributed by atoms with Crippen LogP contribution in [-0.4, -0.2) is 40.2 Å². The molecule has 0 aromatic carbocycles. The molecule has 1 N–H and O–H groups in total. The van der Waals surface area contributed by atoms with Crippen LogP contribution in [0.3, 0.4) is 0 Å². The largest absolute Gasteiger partial charge is 0.303 e. The Morgan fingerprint density at radius 2 is 1.93 bits per heavy atom. The van der Waals surface area contributed by atoms with Crippen LogP contribution in [0.2, 0.25) is 0 Å². The minimum Gasteiger partial charge on any atom is -0.303 e. The summed E-state index contributed by atoms with van der Waals surface area (Å²) in [6.45, 7) is 7.62. The van der Waals surface area contributed by atoms with E-state index in [1.807, 2.05) is 0 Å². The Morgan fingerprint density at radius 1 is 1.43 bits per heavy atom. The van der Waals surface area contributed by atoms with Gasteiger partial charge in [-0.1, -0.05) is 13.8 Å². The fourth-order valence-electron chi connectivity index (χ4n) is 2.06. The molecule has 0 bridgehead atoms. The molecule has 14 heavy (non-hydrogen) atoms. The first-order chi connectivity index (χ1) is 6.39. The van der Waals surface area contributed by atoms with Crippen molar-refractivity contribution in [2.75, 3.05) is 25.9 Å². The van der Waals surface area contributed by atoms with Gasteiger partial charge in [-0.3, -0.25) is 4.78 Å². The number of nitrogens with zero attached hydrogens (tertiary/aromatic N) is 1. The fourth-order valence-corrected chi connectivity index (χ4v) is 3.17. The summed E-state index contributed by atoms with van der Waals surface area (Å²) in [5.74, 6) is 0.702. The Labute approximate surface area is 87.8 Å². The number of likely N-dealkylation sites (tertiary alicyclic amines) is 1. The van der Waals surface area contributed by atoms with Crippen LogP contribution in [0.15, 0.2) is 0 Å². The standard InChI is InChI=1S/C10H22N2OS/c1-9(2)8-12-6-4-10(5-7-12)14(3,11)13/h9-11H,4-8H2,1-3H3. The van der Waals surface area contributed by atoms with Gasteiger partial charge >= 0.3 is 0 Å². The lowest BCUT2D eigenvalue weighted by molar-refractivity contribution is 0.208. The lowest BCUT2D eigenvalue weighted by Crippen LogP contribution is -2.40. The second-order valence-electron chi connectivity index (χ2n) is 4.80. The van der Waals surface area contributed by atoms with Gasteiger partial charge in [0.1, 0.15) is 0 Å². The highest BCUT2D eigenvalue weighted by Gasteiger charge is 2.24. The molecule has 1 aliphatic heterocycles. The summed E-state index contributed by atoms with van der Waals surface area (Å²) in [6, 6.07) is 0. The highest BCUT2D eigenvalue weighted by molar-refractivity contribution is 7.92. The quantitative estimate of drug-likeness (QED) is 0.785. The second kappa shape index (κ2) is 4.62. The van der Waals surface area contributed by atoms with Gasteiger partial charge in [-0.05, 0) is 31.8 Å². The molecule has 1 atom stereocenters. The Balaban J connectivity index is 2.39. The number of rotatable bonds is 3. The smallest absolute Gasteiger partial charge is 0.0449 e. The van der Waals surface area contributed by atoms with Crippen molar-refractivity contribution in [2.45, 2.75) is 31.9 Å². The summed E-state index contributed by atoms with van der Waals surface area (Å²) >= 11 is 0. The Hall–Kier alpha value is -0.0900. The van der Waals surface area contributed by atoms with Crippen molar-refractivity contribution in [3.8, 4) is 0 Å². The fraction of sp³-hybridized carbons (Fsp3) is 1.00. The second-order valence-corrected chi connectivity index (χ2v) is 7.27. The summed E-state index contributed by atoms with van der Waals surface area (Å²) in [7, 11) is -2.30. The molecule has 4 heteroatoms. The van der Waals surface area contributed by atoms with Gasteiger partial charge in [-0.2, -0.15) is 0 Å². The summed E-state index contributed by atoms with van der Waals surface area (Å²) in [5.41, 5.74) is 0. The van der Waals surface area contributed by atoms with E-state index in [9.17, 15) is 4.21 Å². The Morgan fingerprint density at radius 3 is 2.29 bits per heavy atom. The monoisotopic (exact) mass is 218 g/mol. The van der Waals surface area contributed by atoms with Crippen LogP contribution in [0.25, 0.3) is 0 Å². The van der Waals surface area contributed by atoms with E-state index in [0.717, 1.165) is 32.5 Å². The maximum Gasteiger partial charge on any atom is 0.0449 e. The first kappa shape index (κ1) is 12.0. The van der Waals surface area contributed by atoms with Crippen LogP contribution in [0.1, 0.15) is 26.7 Å². The Bertz CT molecular complexity index is 264. The normalized spacial score (nSPS) is 25.1. The molecule has 0 saturated carbocycles. The van der Waals surface area contributed by atoms with Gasteiger partial charge < -0.3 is 4.90 Å². The molecular weight excluding hydrogens is 196 g/mol. The van der Waals surface area contributed by atoms with Crippen molar-refractivity contribution in [1.82, 2.24) is 4.90 Å². The van der Waals surface area contributed by atoms with E-state index < -0.39 is 9.73 Å². The van der Waals surface area contributed by atoms with Gasteiger partial charge in [0, 0.05) is 27.8 Å². The van der Waals surface area contributed by atoms with Crippen molar-refractivity contribution in [2.24, 2.45) is 5.92 Å². The molecule has 0 radical (unpaired) electrons. The number of piperidine rings is 1. The third-order valence-electron chi connectivity index (χ3n) is 2.79. The first-order valence-electron chi connectivity index (χ1n) is 5.34. The van der Waals surface area contributed by atoms with Crippen LogP contribution < -0.4 is 0 Å². The molecule has 84 valence electrons. The average molecular weight is 218 g/mol. The molecule has 0 aliphatic carbocycles. The number of nitrogens with one attached hydrogen (secondary N) is 1. The topological polar surface area (TPSA) is 44.2 Å². The van der Waals surface area contributed by atoms with Crippen molar-refractivity contribution in [3.63, 3.8) is 0 Å². The van der Waals surface area contributed by atoms with Crippen molar-refractivity contribution in [1.29, 1.82) is 4.78 Å². The first-order valence-corrected chi connectivity index (χ1v) is 7.37. The SMILES string of the molecule is CC(C)CN1CCC(S(C)(=N)=O)CC1. The van der Waals surface area contributed by atoms with Gasteiger partial charge in [0.25, 0.3) is 0 Å². The lowest BCUT2D eigenvalue weighted by atomic mass is 10.1. The van der Waals surface area contributed by atoms with Crippen molar-refractivity contribution >= 4 is 9.73 Å². The summed E-state index contributed by atoms with van der Waals surface area (Å²) < 4.78 is 19.1. The number of hydrogen-bond acceptors (Lipinski definition) is 3. The van der Waals surface area contributed by atoms with Gasteiger partial charge in [0.05, 0.1) is 0 Å². The molecule has 1 saturated heterocycles. The molecule has 3 nitrogen and oxygen atoms in total. The van der Waals surface area contributed by atoms with Crippen LogP contribution in [0, 0.1) is 10.7 Å². The maximum atomic E-state index is 11.5. The molecule has 0 aromatic heterocycles. The van der Waals surface area contributed by atoms with Crippen LogP contribution >= 0.6 is 0 Å². The molecule has 0 amide bonds. The van der Waals surface area contributed by atoms with E-state index in [4.69, 9.17) is 4.78 Å². The predicted octanol–water partition coefficient (Wildman–Crippen LogP) is 1.78. The van der Waals surface area contributed by atoms with E-state index in [1.165, 1.54) is 0 Å². The van der Waals surface area contributed by atoms with Gasteiger partial charge in [-0.25, -0.2) is 4.21 Å². The van der Waals surface area contributed by atoms with Crippen LogP contribution in [0.5, 0.6) is 0 Å². The molecule has 1 heterocycles. The zero-order valence-corrected chi connectivity index (χ0v) is 10.3.